The third-order valence-corrected chi connectivity index (χ3v) is 3.89. The van der Waals surface area contributed by atoms with Crippen molar-refractivity contribution in [2.24, 2.45) is 5.10 Å². The van der Waals surface area contributed by atoms with Gasteiger partial charge in [0.05, 0.1) is 36.0 Å². The summed E-state index contributed by atoms with van der Waals surface area (Å²) in [7, 11) is 3.01. The molecule has 0 fully saturated rings. The van der Waals surface area contributed by atoms with Crippen LogP contribution in [-0.4, -0.2) is 26.3 Å². The van der Waals surface area contributed by atoms with Crippen LogP contribution in [0.3, 0.4) is 0 Å². The smallest absolute Gasteiger partial charge is 0.272 e. The first-order chi connectivity index (χ1) is 11.5. The molecule has 0 saturated heterocycles. The van der Waals surface area contributed by atoms with Crippen molar-refractivity contribution in [3.8, 4) is 11.5 Å². The van der Waals surface area contributed by atoms with Gasteiger partial charge in [-0.25, -0.2) is 5.43 Å². The minimum absolute atomic E-state index is 0.236. The van der Waals surface area contributed by atoms with Crippen molar-refractivity contribution in [1.29, 1.82) is 0 Å². The van der Waals surface area contributed by atoms with E-state index in [0.717, 1.165) is 0 Å². The molecule has 0 aliphatic heterocycles. The van der Waals surface area contributed by atoms with Crippen LogP contribution in [0.25, 0.3) is 0 Å². The summed E-state index contributed by atoms with van der Waals surface area (Å²) in [5.74, 6) is 0.507. The topological polar surface area (TPSA) is 59.9 Å². The van der Waals surface area contributed by atoms with E-state index in [1.807, 2.05) is 0 Å². The van der Waals surface area contributed by atoms with Crippen LogP contribution in [0.5, 0.6) is 11.5 Å². The first kappa shape index (κ1) is 18.4. The monoisotopic (exact) mass is 386 g/mol. The van der Waals surface area contributed by atoms with Gasteiger partial charge in [0.1, 0.15) is 11.5 Å². The van der Waals surface area contributed by atoms with E-state index < -0.39 is 5.91 Å². The Morgan fingerprint density at radius 3 is 2.38 bits per heavy atom. The summed E-state index contributed by atoms with van der Waals surface area (Å²) >= 11 is 17.8. The number of amides is 1. The predicted octanol–water partition coefficient (Wildman–Crippen LogP) is 4.43. The molecule has 0 radical (unpaired) electrons. The Morgan fingerprint density at radius 2 is 1.75 bits per heavy atom. The fraction of sp³-hybridized carbons (Fsp3) is 0.125. The molecule has 0 atom stereocenters. The molecule has 0 spiro atoms. The van der Waals surface area contributed by atoms with E-state index in [1.165, 1.54) is 32.6 Å². The highest BCUT2D eigenvalue weighted by Gasteiger charge is 2.11. The third kappa shape index (κ3) is 4.32. The highest BCUT2D eigenvalue weighted by atomic mass is 35.5. The molecule has 2 rings (SSSR count). The quantitative estimate of drug-likeness (QED) is 0.610. The highest BCUT2D eigenvalue weighted by molar-refractivity contribution is 6.36. The zero-order valence-electron chi connectivity index (χ0n) is 12.8. The Bertz CT molecular complexity index is 794. The molecule has 2 aromatic rings. The molecule has 8 heteroatoms. The lowest BCUT2D eigenvalue weighted by Crippen LogP contribution is -2.18. The summed E-state index contributed by atoms with van der Waals surface area (Å²) in [6, 6.07) is 7.80. The highest BCUT2D eigenvalue weighted by Crippen LogP contribution is 2.31. The Labute approximate surface area is 154 Å². The molecule has 1 amide bonds. The van der Waals surface area contributed by atoms with Crippen molar-refractivity contribution in [2.75, 3.05) is 14.2 Å². The number of nitrogens with one attached hydrogen (secondary N) is 1. The first-order valence-corrected chi connectivity index (χ1v) is 7.79. The third-order valence-electron chi connectivity index (χ3n) is 3.05. The molecule has 126 valence electrons. The lowest BCUT2D eigenvalue weighted by atomic mass is 10.2. The minimum Gasteiger partial charge on any atom is -0.496 e. The lowest BCUT2D eigenvalue weighted by Gasteiger charge is -2.09. The average molecular weight is 388 g/mol. The molecule has 0 aliphatic carbocycles. The van der Waals surface area contributed by atoms with Crippen molar-refractivity contribution < 1.29 is 14.3 Å². The van der Waals surface area contributed by atoms with Crippen LogP contribution in [0.1, 0.15) is 15.9 Å². The number of halogens is 3. The van der Waals surface area contributed by atoms with E-state index in [4.69, 9.17) is 44.3 Å². The van der Waals surface area contributed by atoms with Crippen LogP contribution >= 0.6 is 34.8 Å². The van der Waals surface area contributed by atoms with Crippen LogP contribution in [0, 0.1) is 0 Å². The average Bonchev–Trinajstić information content (AvgIpc) is 2.55. The molecular weight excluding hydrogens is 375 g/mol. The van der Waals surface area contributed by atoms with Crippen molar-refractivity contribution in [3.63, 3.8) is 0 Å². The van der Waals surface area contributed by atoms with E-state index in [9.17, 15) is 4.79 Å². The number of hydrogen-bond donors (Lipinski definition) is 1. The summed E-state index contributed by atoms with van der Waals surface area (Å²) in [5, 5.41) is 4.96. The largest absolute Gasteiger partial charge is 0.496 e. The summed E-state index contributed by atoms with van der Waals surface area (Å²) in [6.45, 7) is 0. The van der Waals surface area contributed by atoms with E-state index >= 15 is 0 Å². The number of benzene rings is 2. The molecule has 24 heavy (non-hydrogen) atoms. The van der Waals surface area contributed by atoms with Gasteiger partial charge in [-0.2, -0.15) is 5.10 Å². The van der Waals surface area contributed by atoms with Gasteiger partial charge in [0.25, 0.3) is 5.91 Å². The number of hydrogen-bond acceptors (Lipinski definition) is 4. The maximum Gasteiger partial charge on any atom is 0.272 e. The van der Waals surface area contributed by atoms with Crippen LogP contribution < -0.4 is 14.9 Å². The number of ether oxygens (including phenoxy) is 2. The van der Waals surface area contributed by atoms with Gasteiger partial charge in [0.15, 0.2) is 0 Å². The van der Waals surface area contributed by atoms with Crippen LogP contribution in [0.4, 0.5) is 0 Å². The van der Waals surface area contributed by atoms with Crippen LogP contribution in [0.15, 0.2) is 35.4 Å². The number of carbonyl (C=O) groups excluding carboxylic acids is 1. The number of rotatable bonds is 5. The summed E-state index contributed by atoms with van der Waals surface area (Å²) in [6.07, 6.45) is 1.41. The molecule has 0 heterocycles. The summed E-state index contributed by atoms with van der Waals surface area (Å²) < 4.78 is 10.4. The first-order valence-electron chi connectivity index (χ1n) is 6.66. The molecule has 1 N–H and O–H groups in total. The van der Waals surface area contributed by atoms with Crippen molar-refractivity contribution >= 4 is 46.9 Å². The molecule has 2 aromatic carbocycles. The van der Waals surface area contributed by atoms with Crippen molar-refractivity contribution in [3.05, 3.63) is 56.5 Å². The zero-order valence-corrected chi connectivity index (χ0v) is 15.0. The van der Waals surface area contributed by atoms with Gasteiger partial charge >= 0.3 is 0 Å². The van der Waals surface area contributed by atoms with Gasteiger partial charge in [-0.3, -0.25) is 4.79 Å². The number of carbonyl (C=O) groups is 1. The van der Waals surface area contributed by atoms with E-state index in [1.54, 1.807) is 18.2 Å². The van der Waals surface area contributed by atoms with Crippen LogP contribution in [0.2, 0.25) is 15.1 Å². The van der Waals surface area contributed by atoms with E-state index in [2.05, 4.69) is 10.5 Å². The summed E-state index contributed by atoms with van der Waals surface area (Å²) in [5.41, 5.74) is 3.22. The fourth-order valence-electron chi connectivity index (χ4n) is 1.88. The second kappa shape index (κ2) is 8.24. The number of methoxy groups -OCH3 is 2. The Hall–Kier alpha value is -1.95. The van der Waals surface area contributed by atoms with Gasteiger partial charge in [-0.15, -0.1) is 0 Å². The second-order valence-corrected chi connectivity index (χ2v) is 5.80. The molecule has 0 saturated carbocycles. The number of nitrogens with zero attached hydrogens (tertiary/aromatic N) is 1. The van der Waals surface area contributed by atoms with Crippen molar-refractivity contribution in [1.82, 2.24) is 5.43 Å². The lowest BCUT2D eigenvalue weighted by molar-refractivity contribution is 0.0955. The normalized spacial score (nSPS) is 10.7. The molecule has 0 aromatic heterocycles. The van der Waals surface area contributed by atoms with Gasteiger partial charge in [0.2, 0.25) is 0 Å². The van der Waals surface area contributed by atoms with E-state index in [0.29, 0.717) is 27.1 Å². The maximum absolute atomic E-state index is 12.1. The Balaban J connectivity index is 2.16. The second-order valence-electron chi connectivity index (χ2n) is 4.55. The van der Waals surface area contributed by atoms with Gasteiger partial charge in [-0.1, -0.05) is 34.8 Å². The van der Waals surface area contributed by atoms with E-state index in [-0.39, 0.29) is 10.6 Å². The summed E-state index contributed by atoms with van der Waals surface area (Å²) in [4.78, 5) is 12.1. The minimum atomic E-state index is -0.466. The fourth-order valence-corrected chi connectivity index (χ4v) is 2.62. The van der Waals surface area contributed by atoms with Gasteiger partial charge in [-0.05, 0) is 24.3 Å². The molecule has 0 unspecified atom stereocenters. The van der Waals surface area contributed by atoms with Gasteiger partial charge in [0, 0.05) is 16.7 Å². The molecule has 5 nitrogen and oxygen atoms in total. The Kier molecular flexibility index (Phi) is 6.31. The molecule has 0 aliphatic rings. The predicted molar refractivity (Wildman–Crippen MR) is 96.1 cm³/mol. The Morgan fingerprint density at radius 1 is 1.04 bits per heavy atom. The number of hydrazone groups is 1. The zero-order chi connectivity index (χ0) is 17.7. The van der Waals surface area contributed by atoms with Gasteiger partial charge < -0.3 is 9.47 Å². The standard InChI is InChI=1S/C16H13Cl3N2O3/c1-23-14-7-15(24-2)13(19)5-9(14)8-20-21-16(22)11-4-3-10(17)6-12(11)18/h3-8H,1-2H3,(H,21,22)/b20-8-. The SMILES string of the molecule is COc1cc(OC)c(/C=N\NC(=O)c2ccc(Cl)cc2Cl)cc1Cl. The maximum atomic E-state index is 12.1. The van der Waals surface area contributed by atoms with Crippen molar-refractivity contribution in [2.45, 2.75) is 0 Å². The molecular formula is C16H13Cl3N2O3. The molecule has 0 bridgehead atoms. The van der Waals surface area contributed by atoms with Crippen LogP contribution in [-0.2, 0) is 0 Å².